The standard InChI is InChI=1S/C26H23Br2NO2/c1-26(2,3)21-12-17(9-10-23(21)31-15-16-7-5-4-6-8-16)11-20-19-13-18(27)14-22(28)24(19)29-25(20)30/h4-14H,15H2,1-3H3,(H,29,30). The molecule has 0 aliphatic carbocycles. The molecule has 158 valence electrons. The molecule has 1 amide bonds. The van der Waals surface area contributed by atoms with Crippen LogP contribution in [0.1, 0.15) is 43.0 Å². The lowest BCUT2D eigenvalue weighted by Gasteiger charge is -2.23. The first-order valence-corrected chi connectivity index (χ1v) is 11.6. The number of hydrogen-bond donors (Lipinski definition) is 1. The molecule has 1 aliphatic heterocycles. The van der Waals surface area contributed by atoms with Crippen molar-refractivity contribution < 1.29 is 9.53 Å². The van der Waals surface area contributed by atoms with Gasteiger partial charge in [-0.2, -0.15) is 0 Å². The molecule has 0 aromatic heterocycles. The number of amides is 1. The first kappa shape index (κ1) is 21.8. The van der Waals surface area contributed by atoms with Crippen LogP contribution in [-0.4, -0.2) is 5.91 Å². The van der Waals surface area contributed by atoms with Gasteiger partial charge in [-0.15, -0.1) is 0 Å². The number of nitrogens with one attached hydrogen (secondary N) is 1. The van der Waals surface area contributed by atoms with E-state index in [0.717, 1.165) is 42.6 Å². The van der Waals surface area contributed by atoms with E-state index < -0.39 is 0 Å². The van der Waals surface area contributed by atoms with Gasteiger partial charge in [0.05, 0.1) is 5.69 Å². The lowest BCUT2D eigenvalue weighted by Crippen LogP contribution is -2.14. The summed E-state index contributed by atoms with van der Waals surface area (Å²) >= 11 is 7.05. The summed E-state index contributed by atoms with van der Waals surface area (Å²) in [4.78, 5) is 12.7. The second-order valence-electron chi connectivity index (χ2n) is 8.60. The molecule has 5 heteroatoms. The minimum Gasteiger partial charge on any atom is -0.489 e. The fourth-order valence-corrected chi connectivity index (χ4v) is 4.94. The maximum atomic E-state index is 12.7. The Labute approximate surface area is 199 Å². The summed E-state index contributed by atoms with van der Waals surface area (Å²) in [5.41, 5.74) is 5.42. The quantitative estimate of drug-likeness (QED) is 0.346. The summed E-state index contributed by atoms with van der Waals surface area (Å²) in [6.45, 7) is 7.02. The number of ether oxygens (including phenoxy) is 1. The number of rotatable bonds is 4. The first-order chi connectivity index (χ1) is 14.7. The molecule has 1 N–H and O–H groups in total. The molecule has 0 unspecified atom stereocenters. The number of carbonyl (C=O) groups excluding carboxylic acids is 1. The van der Waals surface area contributed by atoms with Crippen LogP contribution >= 0.6 is 31.9 Å². The molecule has 31 heavy (non-hydrogen) atoms. The van der Waals surface area contributed by atoms with Crippen molar-refractivity contribution in [1.29, 1.82) is 0 Å². The van der Waals surface area contributed by atoms with E-state index in [0.29, 0.717) is 12.2 Å². The number of benzene rings is 3. The van der Waals surface area contributed by atoms with E-state index in [-0.39, 0.29) is 11.3 Å². The van der Waals surface area contributed by atoms with Gasteiger partial charge in [0.25, 0.3) is 5.91 Å². The molecule has 3 aromatic carbocycles. The average Bonchev–Trinajstić information content (AvgIpc) is 3.03. The molecule has 0 bridgehead atoms. The summed E-state index contributed by atoms with van der Waals surface area (Å²) in [5.74, 6) is 0.760. The van der Waals surface area contributed by atoms with Crippen LogP contribution in [0.15, 0.2) is 69.6 Å². The van der Waals surface area contributed by atoms with E-state index in [1.54, 1.807) is 0 Å². The molecular weight excluding hydrogens is 518 g/mol. The summed E-state index contributed by atoms with van der Waals surface area (Å²) < 4.78 is 7.94. The van der Waals surface area contributed by atoms with Gasteiger partial charge in [0.2, 0.25) is 0 Å². The van der Waals surface area contributed by atoms with Gasteiger partial charge in [0, 0.05) is 25.6 Å². The van der Waals surface area contributed by atoms with Crippen LogP contribution in [0.3, 0.4) is 0 Å². The zero-order valence-electron chi connectivity index (χ0n) is 17.6. The third-order valence-electron chi connectivity index (χ3n) is 5.19. The summed E-state index contributed by atoms with van der Waals surface area (Å²) in [6, 6.07) is 20.2. The minimum absolute atomic E-state index is 0.101. The molecule has 0 fully saturated rings. The Kier molecular flexibility index (Phi) is 6.09. The van der Waals surface area contributed by atoms with Crippen LogP contribution in [0.25, 0.3) is 11.6 Å². The van der Waals surface area contributed by atoms with Crippen molar-refractivity contribution in [2.45, 2.75) is 32.8 Å². The van der Waals surface area contributed by atoms with Gasteiger partial charge >= 0.3 is 0 Å². The van der Waals surface area contributed by atoms with Gasteiger partial charge in [-0.3, -0.25) is 4.79 Å². The number of carbonyl (C=O) groups is 1. The third kappa shape index (κ3) is 4.78. The Morgan fingerprint density at radius 3 is 2.45 bits per heavy atom. The predicted molar refractivity (Wildman–Crippen MR) is 134 cm³/mol. The second-order valence-corrected chi connectivity index (χ2v) is 10.4. The molecule has 1 aliphatic rings. The SMILES string of the molecule is CC(C)(C)c1cc(C=C2C(=O)Nc3c(Br)cc(Br)cc32)ccc1OCc1ccccc1. The molecule has 0 saturated carbocycles. The predicted octanol–water partition coefficient (Wildman–Crippen LogP) is 7.58. The zero-order chi connectivity index (χ0) is 22.2. The molecule has 3 nitrogen and oxygen atoms in total. The fourth-order valence-electron chi connectivity index (χ4n) is 3.61. The van der Waals surface area contributed by atoms with Crippen LogP contribution in [0.5, 0.6) is 5.75 Å². The van der Waals surface area contributed by atoms with Gasteiger partial charge in [-0.1, -0.05) is 73.1 Å². The Morgan fingerprint density at radius 1 is 1.00 bits per heavy atom. The number of anilines is 1. The highest BCUT2D eigenvalue weighted by atomic mass is 79.9. The molecule has 0 radical (unpaired) electrons. The molecule has 1 heterocycles. The van der Waals surface area contributed by atoms with Gasteiger partial charge in [-0.05, 0) is 62.8 Å². The highest BCUT2D eigenvalue weighted by Crippen LogP contribution is 2.41. The van der Waals surface area contributed by atoms with E-state index in [1.807, 2.05) is 48.5 Å². The van der Waals surface area contributed by atoms with E-state index in [4.69, 9.17) is 4.74 Å². The van der Waals surface area contributed by atoms with Crippen molar-refractivity contribution in [2.75, 3.05) is 5.32 Å². The van der Waals surface area contributed by atoms with Gasteiger partial charge in [0.15, 0.2) is 0 Å². The highest BCUT2D eigenvalue weighted by Gasteiger charge is 2.27. The maximum absolute atomic E-state index is 12.7. The fraction of sp³-hybridized carbons (Fsp3) is 0.192. The Bertz CT molecular complexity index is 1180. The molecule has 0 atom stereocenters. The van der Waals surface area contributed by atoms with Gasteiger partial charge < -0.3 is 10.1 Å². The molecule has 0 saturated heterocycles. The Morgan fingerprint density at radius 2 is 1.74 bits per heavy atom. The van der Waals surface area contributed by atoms with Crippen LogP contribution in [0.4, 0.5) is 5.69 Å². The van der Waals surface area contributed by atoms with E-state index in [1.165, 1.54) is 0 Å². The normalized spacial score (nSPS) is 14.5. The van der Waals surface area contributed by atoms with E-state index >= 15 is 0 Å². The monoisotopic (exact) mass is 539 g/mol. The van der Waals surface area contributed by atoms with Crippen molar-refractivity contribution in [3.05, 3.63) is 91.9 Å². The Balaban J connectivity index is 1.70. The highest BCUT2D eigenvalue weighted by molar-refractivity contribution is 9.11. The summed E-state index contributed by atoms with van der Waals surface area (Å²) in [5, 5.41) is 2.96. The topological polar surface area (TPSA) is 38.3 Å². The average molecular weight is 541 g/mol. The lowest BCUT2D eigenvalue weighted by atomic mass is 9.85. The van der Waals surface area contributed by atoms with Crippen molar-refractivity contribution in [3.63, 3.8) is 0 Å². The van der Waals surface area contributed by atoms with Gasteiger partial charge in [0.1, 0.15) is 12.4 Å². The van der Waals surface area contributed by atoms with Gasteiger partial charge in [-0.25, -0.2) is 0 Å². The maximum Gasteiger partial charge on any atom is 0.256 e. The van der Waals surface area contributed by atoms with Crippen molar-refractivity contribution in [1.82, 2.24) is 0 Å². The number of fused-ring (bicyclic) bond motifs is 1. The molecule has 0 spiro atoms. The third-order valence-corrected chi connectivity index (χ3v) is 6.27. The Hall–Kier alpha value is -2.37. The van der Waals surface area contributed by atoms with Crippen LogP contribution in [0.2, 0.25) is 0 Å². The van der Waals surface area contributed by atoms with Crippen LogP contribution in [0, 0.1) is 0 Å². The molecule has 3 aromatic rings. The summed E-state index contributed by atoms with van der Waals surface area (Å²) in [7, 11) is 0. The van der Waals surface area contributed by atoms with Crippen molar-refractivity contribution in [3.8, 4) is 5.75 Å². The first-order valence-electron chi connectivity index (χ1n) is 10.1. The van der Waals surface area contributed by atoms with E-state index in [9.17, 15) is 4.79 Å². The van der Waals surface area contributed by atoms with Crippen molar-refractivity contribution in [2.24, 2.45) is 0 Å². The lowest BCUT2D eigenvalue weighted by molar-refractivity contribution is -0.110. The molecular formula is C26H23Br2NO2. The summed E-state index contributed by atoms with van der Waals surface area (Å²) in [6.07, 6.45) is 1.94. The zero-order valence-corrected chi connectivity index (χ0v) is 20.8. The van der Waals surface area contributed by atoms with E-state index in [2.05, 4.69) is 76.1 Å². The molecule has 4 rings (SSSR count). The van der Waals surface area contributed by atoms with Crippen LogP contribution < -0.4 is 10.1 Å². The number of halogens is 2. The van der Waals surface area contributed by atoms with Crippen molar-refractivity contribution >= 4 is 55.1 Å². The minimum atomic E-state index is -0.109. The number of hydrogen-bond acceptors (Lipinski definition) is 2. The smallest absolute Gasteiger partial charge is 0.256 e. The largest absolute Gasteiger partial charge is 0.489 e. The second kappa shape index (κ2) is 8.64. The van der Waals surface area contributed by atoms with Crippen LogP contribution in [-0.2, 0) is 16.8 Å².